The van der Waals surface area contributed by atoms with Crippen LogP contribution in [0.3, 0.4) is 0 Å². The molecule has 0 N–H and O–H groups in total. The van der Waals surface area contributed by atoms with Crippen molar-refractivity contribution in [3.63, 3.8) is 0 Å². The van der Waals surface area contributed by atoms with Gasteiger partial charge < -0.3 is 9.30 Å². The molecule has 20 heavy (non-hydrogen) atoms. The van der Waals surface area contributed by atoms with Crippen LogP contribution in [0.1, 0.15) is 24.7 Å². The highest BCUT2D eigenvalue weighted by atomic mass is 35.5. The van der Waals surface area contributed by atoms with E-state index >= 15 is 0 Å². The fourth-order valence-corrected chi connectivity index (χ4v) is 3.06. The fourth-order valence-electron chi connectivity index (χ4n) is 2.74. The highest BCUT2D eigenvalue weighted by Gasteiger charge is 2.22. The van der Waals surface area contributed by atoms with Gasteiger partial charge in [0.15, 0.2) is 0 Å². The van der Waals surface area contributed by atoms with Crippen molar-refractivity contribution in [1.29, 1.82) is 0 Å². The molecule has 2 aromatic rings. The number of ether oxygens (including phenoxy) is 1. The van der Waals surface area contributed by atoms with Crippen LogP contribution in [-0.2, 0) is 11.2 Å². The zero-order chi connectivity index (χ0) is 14.1. The molecule has 0 bridgehead atoms. The topological polar surface area (TPSA) is 27.1 Å². The molecule has 0 saturated carbocycles. The molecule has 3 rings (SSSR count). The van der Waals surface area contributed by atoms with Crippen LogP contribution in [0.5, 0.6) is 0 Å². The van der Waals surface area contributed by atoms with Gasteiger partial charge in [-0.05, 0) is 18.9 Å². The number of hydrogen-bond acceptors (Lipinski definition) is 2. The highest BCUT2D eigenvalue weighted by molar-refractivity contribution is 6.31. The van der Waals surface area contributed by atoms with Gasteiger partial charge in [0, 0.05) is 25.0 Å². The maximum atomic E-state index is 13.6. The van der Waals surface area contributed by atoms with E-state index in [2.05, 4.69) is 9.55 Å². The van der Waals surface area contributed by atoms with Crippen molar-refractivity contribution in [3.05, 3.63) is 28.8 Å². The number of benzene rings is 1. The number of imidazole rings is 1. The summed E-state index contributed by atoms with van der Waals surface area (Å²) >= 11 is 11.8. The van der Waals surface area contributed by atoms with Gasteiger partial charge in [0.05, 0.1) is 28.7 Å². The second-order valence-electron chi connectivity index (χ2n) is 4.96. The maximum Gasteiger partial charge on any atom is 0.144 e. The van der Waals surface area contributed by atoms with Crippen molar-refractivity contribution in [2.24, 2.45) is 0 Å². The molecule has 0 spiro atoms. The Labute approximate surface area is 126 Å². The van der Waals surface area contributed by atoms with Crippen molar-refractivity contribution in [3.8, 4) is 0 Å². The van der Waals surface area contributed by atoms with Crippen LogP contribution in [-0.4, -0.2) is 28.6 Å². The van der Waals surface area contributed by atoms with Gasteiger partial charge in [-0.1, -0.05) is 11.6 Å². The van der Waals surface area contributed by atoms with Crippen molar-refractivity contribution in [2.45, 2.75) is 25.3 Å². The van der Waals surface area contributed by atoms with E-state index in [1.165, 1.54) is 6.07 Å². The monoisotopic (exact) mass is 316 g/mol. The molecule has 0 amide bonds. The SMILES string of the molecule is Fc1cc2nc(CCCl)n(C3CCCOC3)c2cc1Cl. The number of halogens is 3. The first kappa shape index (κ1) is 14.1. The van der Waals surface area contributed by atoms with Crippen molar-refractivity contribution in [2.75, 3.05) is 19.1 Å². The second kappa shape index (κ2) is 5.88. The lowest BCUT2D eigenvalue weighted by Crippen LogP contribution is -2.23. The Hall–Kier alpha value is -0.840. The summed E-state index contributed by atoms with van der Waals surface area (Å²) in [4.78, 5) is 4.50. The Morgan fingerprint density at radius 2 is 2.30 bits per heavy atom. The van der Waals surface area contributed by atoms with Crippen LogP contribution in [0.15, 0.2) is 12.1 Å². The van der Waals surface area contributed by atoms with Crippen LogP contribution in [0.2, 0.25) is 5.02 Å². The second-order valence-corrected chi connectivity index (χ2v) is 5.75. The van der Waals surface area contributed by atoms with Gasteiger partial charge in [-0.15, -0.1) is 11.6 Å². The molecule has 1 aliphatic rings. The molecule has 1 aromatic heterocycles. The Morgan fingerprint density at radius 3 is 3.00 bits per heavy atom. The van der Waals surface area contributed by atoms with E-state index in [0.29, 0.717) is 24.4 Å². The number of aromatic nitrogens is 2. The predicted octanol–water partition coefficient (Wildman–Crippen LogP) is 3.96. The third kappa shape index (κ3) is 2.52. The van der Waals surface area contributed by atoms with Crippen LogP contribution in [0, 0.1) is 5.82 Å². The molecule has 6 heteroatoms. The van der Waals surface area contributed by atoms with Gasteiger partial charge >= 0.3 is 0 Å². The summed E-state index contributed by atoms with van der Waals surface area (Å²) in [6.45, 7) is 1.44. The molecule has 1 saturated heterocycles. The van der Waals surface area contributed by atoms with E-state index in [9.17, 15) is 4.39 Å². The molecule has 108 valence electrons. The molecule has 1 aromatic carbocycles. The van der Waals surface area contributed by atoms with Crippen molar-refractivity contribution >= 4 is 34.2 Å². The Bertz CT molecular complexity index is 623. The summed E-state index contributed by atoms with van der Waals surface area (Å²) in [6.07, 6.45) is 2.68. The number of aryl methyl sites for hydroxylation is 1. The fraction of sp³-hybridized carbons (Fsp3) is 0.500. The zero-order valence-electron chi connectivity index (χ0n) is 10.9. The molecule has 0 aliphatic carbocycles. The quantitative estimate of drug-likeness (QED) is 0.801. The summed E-state index contributed by atoms with van der Waals surface area (Å²) in [6, 6.07) is 3.25. The molecule has 0 radical (unpaired) electrons. The van der Waals surface area contributed by atoms with Gasteiger partial charge in [0.25, 0.3) is 0 Å². The third-order valence-corrected chi connectivity index (χ3v) is 4.10. The van der Waals surface area contributed by atoms with Gasteiger partial charge in [0.2, 0.25) is 0 Å². The number of alkyl halides is 1. The predicted molar refractivity (Wildman–Crippen MR) is 78.2 cm³/mol. The van der Waals surface area contributed by atoms with E-state index in [-0.39, 0.29) is 11.1 Å². The molecule has 2 heterocycles. The molecule has 1 aliphatic heterocycles. The number of hydrogen-bond donors (Lipinski definition) is 0. The minimum Gasteiger partial charge on any atom is -0.379 e. The van der Waals surface area contributed by atoms with Gasteiger partial charge in [-0.25, -0.2) is 9.37 Å². The summed E-state index contributed by atoms with van der Waals surface area (Å²) in [5.74, 6) is 0.904. The van der Waals surface area contributed by atoms with E-state index in [1.807, 2.05) is 0 Å². The van der Waals surface area contributed by atoms with Crippen molar-refractivity contribution in [1.82, 2.24) is 9.55 Å². The molecule has 3 nitrogen and oxygen atoms in total. The van der Waals surface area contributed by atoms with Gasteiger partial charge in [0.1, 0.15) is 11.6 Å². The Morgan fingerprint density at radius 1 is 1.45 bits per heavy atom. The Balaban J connectivity index is 2.14. The average molecular weight is 317 g/mol. The summed E-state index contributed by atoms with van der Waals surface area (Å²) in [5.41, 5.74) is 1.48. The summed E-state index contributed by atoms with van der Waals surface area (Å²) in [7, 11) is 0. The molecular weight excluding hydrogens is 302 g/mol. The summed E-state index contributed by atoms with van der Waals surface area (Å²) < 4.78 is 21.3. The van der Waals surface area contributed by atoms with Crippen LogP contribution in [0.25, 0.3) is 11.0 Å². The first-order chi connectivity index (χ1) is 9.70. The third-order valence-electron chi connectivity index (χ3n) is 3.62. The average Bonchev–Trinajstić information content (AvgIpc) is 2.78. The number of rotatable bonds is 3. The molecule has 1 unspecified atom stereocenters. The number of nitrogens with zero attached hydrogens (tertiary/aromatic N) is 2. The van der Waals surface area contributed by atoms with E-state index < -0.39 is 5.82 Å². The van der Waals surface area contributed by atoms with Crippen LogP contribution >= 0.6 is 23.2 Å². The van der Waals surface area contributed by atoms with Gasteiger partial charge in [-0.2, -0.15) is 0 Å². The van der Waals surface area contributed by atoms with E-state index in [1.54, 1.807) is 6.07 Å². The molecular formula is C14H15Cl2FN2O. The van der Waals surface area contributed by atoms with Crippen molar-refractivity contribution < 1.29 is 9.13 Å². The van der Waals surface area contributed by atoms with E-state index in [0.717, 1.165) is 30.8 Å². The first-order valence-corrected chi connectivity index (χ1v) is 7.61. The lowest BCUT2D eigenvalue weighted by atomic mass is 10.1. The lowest BCUT2D eigenvalue weighted by Gasteiger charge is -2.25. The molecule has 1 atom stereocenters. The molecule has 1 fully saturated rings. The first-order valence-electron chi connectivity index (χ1n) is 6.70. The smallest absolute Gasteiger partial charge is 0.144 e. The number of fused-ring (bicyclic) bond motifs is 1. The van der Waals surface area contributed by atoms with Crippen LogP contribution < -0.4 is 0 Å². The zero-order valence-corrected chi connectivity index (χ0v) is 12.4. The standard InChI is InChI=1S/C14H15Cl2FN2O/c15-4-3-14-18-12-7-11(17)10(16)6-13(12)19(14)9-2-1-5-20-8-9/h6-7,9H,1-5,8H2. The minimum atomic E-state index is -0.443. The maximum absolute atomic E-state index is 13.6. The largest absolute Gasteiger partial charge is 0.379 e. The Kier molecular flexibility index (Phi) is 4.15. The minimum absolute atomic E-state index is 0.118. The lowest BCUT2D eigenvalue weighted by molar-refractivity contribution is 0.0596. The highest BCUT2D eigenvalue weighted by Crippen LogP contribution is 2.30. The van der Waals surface area contributed by atoms with Crippen LogP contribution in [0.4, 0.5) is 4.39 Å². The normalized spacial score (nSPS) is 19.6. The van der Waals surface area contributed by atoms with Gasteiger partial charge in [-0.3, -0.25) is 0 Å². The summed E-state index contributed by atoms with van der Waals surface area (Å²) in [5, 5.41) is 0.118. The van der Waals surface area contributed by atoms with E-state index in [4.69, 9.17) is 27.9 Å².